The summed E-state index contributed by atoms with van der Waals surface area (Å²) in [5.41, 5.74) is 10.4. The molecule has 4 nitrogen and oxygen atoms in total. The Bertz CT molecular complexity index is 1220. The molecule has 1 unspecified atom stereocenters. The molecule has 0 bridgehead atoms. The Hall–Kier alpha value is -2.89. The van der Waals surface area contributed by atoms with Crippen molar-refractivity contribution >= 4 is 46.0 Å². The Morgan fingerprint density at radius 1 is 1.38 bits per heavy atom. The molecule has 1 amide bonds. The van der Waals surface area contributed by atoms with E-state index in [1.165, 1.54) is 11.3 Å². The third kappa shape index (κ3) is 3.71. The van der Waals surface area contributed by atoms with E-state index in [9.17, 15) is 4.79 Å². The van der Waals surface area contributed by atoms with Gasteiger partial charge in [-0.2, -0.15) is 0 Å². The fourth-order valence-corrected chi connectivity index (χ4v) is 4.97. The van der Waals surface area contributed by atoms with Gasteiger partial charge in [-0.25, -0.2) is 4.98 Å². The van der Waals surface area contributed by atoms with Gasteiger partial charge in [0.05, 0.1) is 4.88 Å². The standard InChI is InChI=1S/C23H20ClN3OS/c1-3-14-9-17-18(12-27-23(17)26-11-14)20-10-15(21(29-20)22(25)28)8-13(2)16-6-4-5-7-19(16)24/h3-7,9-13H,1,8H2,2H3,(H2,25,28)(H,26,27). The van der Waals surface area contributed by atoms with Gasteiger partial charge in [-0.05, 0) is 47.2 Å². The first-order valence-electron chi connectivity index (χ1n) is 9.24. The lowest BCUT2D eigenvalue weighted by Gasteiger charge is -2.13. The molecule has 3 heterocycles. The van der Waals surface area contributed by atoms with Gasteiger partial charge in [0.1, 0.15) is 5.65 Å². The number of carbonyl (C=O) groups is 1. The van der Waals surface area contributed by atoms with Gasteiger partial charge in [0.2, 0.25) is 0 Å². The van der Waals surface area contributed by atoms with E-state index in [4.69, 9.17) is 17.3 Å². The van der Waals surface area contributed by atoms with E-state index >= 15 is 0 Å². The predicted octanol–water partition coefficient (Wildman–Crippen LogP) is 6.03. The van der Waals surface area contributed by atoms with Crippen LogP contribution in [-0.2, 0) is 6.42 Å². The molecule has 3 aromatic heterocycles. The summed E-state index contributed by atoms with van der Waals surface area (Å²) >= 11 is 7.77. The van der Waals surface area contributed by atoms with Crippen LogP contribution < -0.4 is 5.73 Å². The number of aromatic nitrogens is 2. The second-order valence-corrected chi connectivity index (χ2v) is 8.49. The van der Waals surface area contributed by atoms with Crippen LogP contribution >= 0.6 is 22.9 Å². The normalized spacial score (nSPS) is 12.2. The molecule has 4 rings (SSSR count). The monoisotopic (exact) mass is 421 g/mol. The van der Waals surface area contributed by atoms with E-state index in [0.717, 1.165) is 43.2 Å². The summed E-state index contributed by atoms with van der Waals surface area (Å²) in [6.07, 6.45) is 6.14. The molecule has 0 aliphatic rings. The fraction of sp³-hybridized carbons (Fsp3) is 0.130. The number of primary amides is 1. The molecule has 0 saturated heterocycles. The lowest BCUT2D eigenvalue weighted by atomic mass is 9.93. The van der Waals surface area contributed by atoms with Crippen molar-refractivity contribution in [2.75, 3.05) is 0 Å². The van der Waals surface area contributed by atoms with Crippen LogP contribution in [0.25, 0.3) is 27.6 Å². The highest BCUT2D eigenvalue weighted by Gasteiger charge is 2.20. The van der Waals surface area contributed by atoms with Gasteiger partial charge >= 0.3 is 0 Å². The zero-order valence-corrected chi connectivity index (χ0v) is 17.5. The van der Waals surface area contributed by atoms with E-state index in [1.54, 1.807) is 12.3 Å². The summed E-state index contributed by atoms with van der Waals surface area (Å²) < 4.78 is 0. The number of aromatic amines is 1. The van der Waals surface area contributed by atoms with Crippen LogP contribution in [-0.4, -0.2) is 15.9 Å². The molecule has 0 radical (unpaired) electrons. The average molecular weight is 422 g/mol. The Labute approximate surface area is 178 Å². The Morgan fingerprint density at radius 3 is 2.90 bits per heavy atom. The summed E-state index contributed by atoms with van der Waals surface area (Å²) in [7, 11) is 0. The number of H-pyrrole nitrogens is 1. The number of pyridine rings is 1. The van der Waals surface area contributed by atoms with Crippen molar-refractivity contribution in [1.29, 1.82) is 0 Å². The largest absolute Gasteiger partial charge is 0.365 e. The number of nitrogens with zero attached hydrogens (tertiary/aromatic N) is 1. The second kappa shape index (κ2) is 7.85. The third-order valence-corrected chi connectivity index (χ3v) is 6.62. The highest BCUT2D eigenvalue weighted by molar-refractivity contribution is 7.17. The zero-order valence-electron chi connectivity index (χ0n) is 15.9. The quantitative estimate of drug-likeness (QED) is 0.398. The van der Waals surface area contributed by atoms with E-state index in [1.807, 2.05) is 36.5 Å². The van der Waals surface area contributed by atoms with E-state index < -0.39 is 5.91 Å². The molecule has 4 aromatic rings. The van der Waals surface area contributed by atoms with Crippen molar-refractivity contribution in [3.8, 4) is 10.4 Å². The molecule has 0 aliphatic heterocycles. The number of benzene rings is 1. The molecule has 0 spiro atoms. The summed E-state index contributed by atoms with van der Waals surface area (Å²) in [5, 5.41) is 1.72. The molecule has 0 saturated carbocycles. The first-order valence-corrected chi connectivity index (χ1v) is 10.4. The van der Waals surface area contributed by atoms with Gasteiger partial charge in [-0.15, -0.1) is 11.3 Å². The molecular weight excluding hydrogens is 402 g/mol. The van der Waals surface area contributed by atoms with Crippen molar-refractivity contribution in [2.24, 2.45) is 5.73 Å². The number of nitrogens with one attached hydrogen (secondary N) is 1. The van der Waals surface area contributed by atoms with Crippen molar-refractivity contribution in [3.63, 3.8) is 0 Å². The molecule has 146 valence electrons. The van der Waals surface area contributed by atoms with Gasteiger partial charge < -0.3 is 10.7 Å². The molecule has 6 heteroatoms. The number of hydrogen-bond acceptors (Lipinski definition) is 3. The topological polar surface area (TPSA) is 71.8 Å². The van der Waals surface area contributed by atoms with E-state index in [0.29, 0.717) is 11.3 Å². The first kappa shape index (κ1) is 19.4. The summed E-state index contributed by atoms with van der Waals surface area (Å²) in [6, 6.07) is 11.9. The maximum atomic E-state index is 12.1. The minimum atomic E-state index is -0.410. The van der Waals surface area contributed by atoms with Crippen LogP contribution in [0.1, 0.15) is 39.2 Å². The summed E-state index contributed by atoms with van der Waals surface area (Å²) in [5.74, 6) is -0.256. The highest BCUT2D eigenvalue weighted by Crippen LogP contribution is 2.38. The fourth-order valence-electron chi connectivity index (χ4n) is 3.57. The summed E-state index contributed by atoms with van der Waals surface area (Å²) in [4.78, 5) is 21.3. The molecule has 0 aliphatic carbocycles. The number of halogens is 1. The van der Waals surface area contributed by atoms with Gasteiger partial charge in [-0.1, -0.05) is 49.4 Å². The first-order chi connectivity index (χ1) is 14.0. The van der Waals surface area contributed by atoms with Crippen LogP contribution in [0.5, 0.6) is 0 Å². The maximum Gasteiger partial charge on any atom is 0.259 e. The smallest absolute Gasteiger partial charge is 0.259 e. The molecule has 3 N–H and O–H groups in total. The van der Waals surface area contributed by atoms with E-state index in [-0.39, 0.29) is 5.92 Å². The van der Waals surface area contributed by atoms with Crippen molar-refractivity contribution in [1.82, 2.24) is 9.97 Å². The molecule has 29 heavy (non-hydrogen) atoms. The Morgan fingerprint density at radius 2 is 2.17 bits per heavy atom. The average Bonchev–Trinajstić information content (AvgIpc) is 3.31. The second-order valence-electron chi connectivity index (χ2n) is 7.03. The van der Waals surface area contributed by atoms with Crippen molar-refractivity contribution in [2.45, 2.75) is 19.3 Å². The zero-order chi connectivity index (χ0) is 20.5. The number of rotatable bonds is 6. The minimum Gasteiger partial charge on any atom is -0.365 e. The van der Waals surface area contributed by atoms with Gasteiger partial charge in [0.25, 0.3) is 5.91 Å². The Balaban J connectivity index is 1.75. The third-order valence-electron chi connectivity index (χ3n) is 5.05. The van der Waals surface area contributed by atoms with Crippen LogP contribution in [0.4, 0.5) is 0 Å². The van der Waals surface area contributed by atoms with Crippen molar-refractivity contribution in [3.05, 3.63) is 82.0 Å². The lowest BCUT2D eigenvalue weighted by Crippen LogP contribution is -2.12. The number of fused-ring (bicyclic) bond motifs is 1. The SMILES string of the molecule is C=Cc1cnc2[nH]cc(-c3cc(CC(C)c4ccccc4Cl)c(C(N)=O)s3)c2c1. The van der Waals surface area contributed by atoms with Gasteiger partial charge in [0, 0.05) is 33.2 Å². The lowest BCUT2D eigenvalue weighted by molar-refractivity contribution is 0.100. The van der Waals surface area contributed by atoms with Crippen molar-refractivity contribution < 1.29 is 4.79 Å². The number of carbonyl (C=O) groups excluding carboxylic acids is 1. The maximum absolute atomic E-state index is 12.1. The molecular formula is C23H20ClN3OS. The number of nitrogens with two attached hydrogens (primary N) is 1. The van der Waals surface area contributed by atoms with Crippen LogP contribution in [0.3, 0.4) is 0 Å². The minimum absolute atomic E-state index is 0.154. The van der Waals surface area contributed by atoms with Crippen LogP contribution in [0.15, 0.2) is 55.4 Å². The van der Waals surface area contributed by atoms with Gasteiger partial charge in [0.15, 0.2) is 0 Å². The van der Waals surface area contributed by atoms with E-state index in [2.05, 4.69) is 29.5 Å². The van der Waals surface area contributed by atoms with Crippen LogP contribution in [0, 0.1) is 0 Å². The number of thiophene rings is 1. The predicted molar refractivity (Wildman–Crippen MR) is 122 cm³/mol. The highest BCUT2D eigenvalue weighted by atomic mass is 35.5. The van der Waals surface area contributed by atoms with Crippen LogP contribution in [0.2, 0.25) is 5.02 Å². The molecule has 0 fully saturated rings. The molecule has 1 aromatic carbocycles. The number of hydrogen-bond donors (Lipinski definition) is 2. The van der Waals surface area contributed by atoms with Gasteiger partial charge in [-0.3, -0.25) is 4.79 Å². The Kier molecular flexibility index (Phi) is 5.26. The number of amides is 1. The molecule has 1 atom stereocenters. The summed E-state index contributed by atoms with van der Waals surface area (Å²) in [6.45, 7) is 5.92.